The largest absolute Gasteiger partial charge is 0.484 e. The van der Waals surface area contributed by atoms with Crippen molar-refractivity contribution in [1.82, 2.24) is 10.2 Å². The van der Waals surface area contributed by atoms with Gasteiger partial charge in [0.1, 0.15) is 5.75 Å². The summed E-state index contributed by atoms with van der Waals surface area (Å²) in [5.74, 6) is 0.160. The van der Waals surface area contributed by atoms with E-state index in [1.807, 2.05) is 11.0 Å². The van der Waals surface area contributed by atoms with Gasteiger partial charge in [0.25, 0.3) is 0 Å². The first-order valence-corrected chi connectivity index (χ1v) is 7.13. The Morgan fingerprint density at radius 1 is 1.45 bits per heavy atom. The summed E-state index contributed by atoms with van der Waals surface area (Å²) in [6, 6.07) is 6.39. The average Bonchev–Trinajstić information content (AvgIpc) is 2.92. The zero-order valence-electron chi connectivity index (χ0n) is 12.3. The number of carbonyl (C=O) groups is 1. The van der Waals surface area contributed by atoms with E-state index in [0.717, 1.165) is 24.9 Å². The molecule has 1 N–H and O–H groups in total. The molecule has 0 spiro atoms. The summed E-state index contributed by atoms with van der Waals surface area (Å²) in [5.41, 5.74) is 0.829. The molecule has 7 heteroatoms. The zero-order chi connectivity index (χ0) is 16.2. The summed E-state index contributed by atoms with van der Waals surface area (Å²) in [6.45, 7) is 0.00800. The van der Waals surface area contributed by atoms with Crippen LogP contribution in [0, 0.1) is 0 Å². The molecule has 1 aliphatic heterocycles. The molecule has 1 heterocycles. The Hall–Kier alpha value is -1.76. The number of amides is 1. The highest BCUT2D eigenvalue weighted by Gasteiger charge is 2.30. The highest BCUT2D eigenvalue weighted by Crippen LogP contribution is 2.23. The van der Waals surface area contributed by atoms with E-state index in [1.165, 1.54) is 6.07 Å². The molecule has 0 radical (unpaired) electrons. The Balaban J connectivity index is 1.99. The van der Waals surface area contributed by atoms with Gasteiger partial charge in [-0.05, 0) is 37.1 Å². The number of hydrogen-bond acceptors (Lipinski definition) is 3. The van der Waals surface area contributed by atoms with Crippen LogP contribution in [0.25, 0.3) is 0 Å². The molecule has 1 fully saturated rings. The van der Waals surface area contributed by atoms with E-state index in [-0.39, 0.29) is 17.7 Å². The van der Waals surface area contributed by atoms with Crippen molar-refractivity contribution < 1.29 is 22.7 Å². The van der Waals surface area contributed by atoms with Gasteiger partial charge in [-0.3, -0.25) is 9.69 Å². The van der Waals surface area contributed by atoms with Crippen LogP contribution in [0.5, 0.6) is 5.75 Å². The van der Waals surface area contributed by atoms with Crippen molar-refractivity contribution in [2.24, 2.45) is 0 Å². The van der Waals surface area contributed by atoms with E-state index in [4.69, 9.17) is 4.74 Å². The highest BCUT2D eigenvalue weighted by atomic mass is 19.4. The minimum absolute atomic E-state index is 0.0259. The number of benzene rings is 1. The summed E-state index contributed by atoms with van der Waals surface area (Å²) in [4.78, 5) is 13.8. The van der Waals surface area contributed by atoms with E-state index >= 15 is 0 Å². The van der Waals surface area contributed by atoms with Crippen molar-refractivity contribution in [3.05, 3.63) is 29.8 Å². The Morgan fingerprint density at radius 3 is 2.91 bits per heavy atom. The molecule has 0 aliphatic carbocycles. The predicted octanol–water partition coefficient (Wildman–Crippen LogP) is 2.34. The molecule has 2 rings (SSSR count). The first kappa shape index (κ1) is 16.6. The third kappa shape index (κ3) is 4.62. The van der Waals surface area contributed by atoms with Crippen LogP contribution < -0.4 is 10.1 Å². The molecule has 1 aromatic carbocycles. The van der Waals surface area contributed by atoms with Gasteiger partial charge >= 0.3 is 6.18 Å². The quantitative estimate of drug-likeness (QED) is 0.906. The molecule has 1 amide bonds. The first-order chi connectivity index (χ1) is 10.4. The number of rotatable bonds is 5. The number of nitrogens with one attached hydrogen (secondary N) is 1. The van der Waals surface area contributed by atoms with Gasteiger partial charge in [-0.15, -0.1) is 0 Å². The average molecular weight is 316 g/mol. The highest BCUT2D eigenvalue weighted by molar-refractivity contribution is 5.81. The second kappa shape index (κ2) is 7.00. The molecule has 0 aromatic heterocycles. The summed E-state index contributed by atoms with van der Waals surface area (Å²) < 4.78 is 41.3. The molecule has 1 aromatic rings. The van der Waals surface area contributed by atoms with Crippen molar-refractivity contribution >= 4 is 5.91 Å². The maximum absolute atomic E-state index is 12.2. The van der Waals surface area contributed by atoms with Gasteiger partial charge in [-0.1, -0.05) is 12.1 Å². The van der Waals surface area contributed by atoms with Crippen molar-refractivity contribution in [3.63, 3.8) is 0 Å². The Bertz CT molecular complexity index is 520. The number of likely N-dealkylation sites (N-methyl/N-ethyl adjacent to an activating group) is 1. The van der Waals surface area contributed by atoms with E-state index in [9.17, 15) is 18.0 Å². The smallest absolute Gasteiger partial charge is 0.422 e. The number of likely N-dealkylation sites (tertiary alicyclic amines) is 1. The van der Waals surface area contributed by atoms with Crippen LogP contribution in [0.1, 0.15) is 18.4 Å². The lowest BCUT2D eigenvalue weighted by molar-refractivity contribution is -0.153. The van der Waals surface area contributed by atoms with E-state index in [2.05, 4.69) is 5.32 Å². The maximum atomic E-state index is 12.2. The van der Waals surface area contributed by atoms with Crippen LogP contribution in [0.2, 0.25) is 0 Å². The SMILES string of the molecule is CNC(=O)[C@@H]1CCCN1Cc1cccc(OCC(F)(F)F)c1. The molecule has 1 atom stereocenters. The number of hydrogen-bond donors (Lipinski definition) is 1. The fourth-order valence-corrected chi connectivity index (χ4v) is 2.61. The monoisotopic (exact) mass is 316 g/mol. The second-order valence-electron chi connectivity index (χ2n) is 5.29. The number of carbonyl (C=O) groups excluding carboxylic acids is 1. The van der Waals surface area contributed by atoms with Crippen LogP contribution in [-0.4, -0.2) is 43.2 Å². The molecule has 4 nitrogen and oxygen atoms in total. The normalized spacial score (nSPS) is 19.2. The number of nitrogens with zero attached hydrogens (tertiary/aromatic N) is 1. The van der Waals surface area contributed by atoms with E-state index in [0.29, 0.717) is 6.54 Å². The summed E-state index contributed by atoms with van der Waals surface area (Å²) in [5, 5.41) is 2.64. The van der Waals surface area contributed by atoms with Gasteiger partial charge in [0.15, 0.2) is 6.61 Å². The summed E-state index contributed by atoms with van der Waals surface area (Å²) in [7, 11) is 1.60. The van der Waals surface area contributed by atoms with Crippen LogP contribution in [0.15, 0.2) is 24.3 Å². The standard InChI is InChI=1S/C15H19F3N2O2/c1-19-14(21)13-6-3-7-20(13)9-11-4-2-5-12(8-11)22-10-15(16,17)18/h2,4-5,8,13H,3,6-7,9-10H2,1H3,(H,19,21)/t13-/m0/s1. The molecule has 1 saturated heterocycles. The maximum Gasteiger partial charge on any atom is 0.422 e. The molecular weight excluding hydrogens is 297 g/mol. The zero-order valence-corrected chi connectivity index (χ0v) is 12.3. The van der Waals surface area contributed by atoms with Crippen molar-refractivity contribution in [1.29, 1.82) is 0 Å². The fraction of sp³-hybridized carbons (Fsp3) is 0.533. The lowest BCUT2D eigenvalue weighted by Gasteiger charge is -2.23. The third-order valence-electron chi connectivity index (χ3n) is 3.60. The molecule has 0 unspecified atom stereocenters. The lowest BCUT2D eigenvalue weighted by Crippen LogP contribution is -2.41. The first-order valence-electron chi connectivity index (χ1n) is 7.13. The van der Waals surface area contributed by atoms with Gasteiger partial charge in [-0.2, -0.15) is 13.2 Å². The van der Waals surface area contributed by atoms with Gasteiger partial charge in [-0.25, -0.2) is 0 Å². The van der Waals surface area contributed by atoms with Gasteiger partial charge in [0.05, 0.1) is 6.04 Å². The van der Waals surface area contributed by atoms with E-state index < -0.39 is 12.8 Å². The minimum atomic E-state index is -4.35. The van der Waals surface area contributed by atoms with Crippen LogP contribution in [0.3, 0.4) is 0 Å². The molecule has 0 bridgehead atoms. The minimum Gasteiger partial charge on any atom is -0.484 e. The van der Waals surface area contributed by atoms with Crippen LogP contribution in [0.4, 0.5) is 13.2 Å². The van der Waals surface area contributed by atoms with Gasteiger partial charge < -0.3 is 10.1 Å². The Morgan fingerprint density at radius 2 is 2.23 bits per heavy atom. The van der Waals surface area contributed by atoms with Crippen LogP contribution >= 0.6 is 0 Å². The Kier molecular flexibility index (Phi) is 5.28. The molecular formula is C15H19F3N2O2. The van der Waals surface area contributed by atoms with E-state index in [1.54, 1.807) is 19.2 Å². The van der Waals surface area contributed by atoms with Crippen LogP contribution in [-0.2, 0) is 11.3 Å². The Labute approximate surface area is 127 Å². The molecule has 1 aliphatic rings. The number of halogens is 3. The number of alkyl halides is 3. The van der Waals surface area contributed by atoms with Crippen molar-refractivity contribution in [3.8, 4) is 5.75 Å². The second-order valence-corrected chi connectivity index (χ2v) is 5.29. The predicted molar refractivity (Wildman–Crippen MR) is 75.5 cm³/mol. The third-order valence-corrected chi connectivity index (χ3v) is 3.60. The lowest BCUT2D eigenvalue weighted by atomic mass is 10.1. The number of ether oxygens (including phenoxy) is 1. The topological polar surface area (TPSA) is 41.6 Å². The summed E-state index contributed by atoms with van der Waals surface area (Å²) in [6.07, 6.45) is -2.62. The molecule has 22 heavy (non-hydrogen) atoms. The van der Waals surface area contributed by atoms with Gasteiger partial charge in [0.2, 0.25) is 5.91 Å². The fourth-order valence-electron chi connectivity index (χ4n) is 2.61. The summed E-state index contributed by atoms with van der Waals surface area (Å²) >= 11 is 0. The van der Waals surface area contributed by atoms with Gasteiger partial charge in [0, 0.05) is 13.6 Å². The molecule has 122 valence electrons. The van der Waals surface area contributed by atoms with Crippen molar-refractivity contribution in [2.45, 2.75) is 31.6 Å². The van der Waals surface area contributed by atoms with Crippen molar-refractivity contribution in [2.75, 3.05) is 20.2 Å². The molecule has 0 saturated carbocycles.